The lowest BCUT2D eigenvalue weighted by molar-refractivity contribution is -0.118. The van der Waals surface area contributed by atoms with Crippen molar-refractivity contribution in [3.8, 4) is 22.6 Å². The number of carbonyl (C=O) groups is 1. The fraction of sp³-hybridized carbons (Fsp3) is 0.393. The minimum absolute atomic E-state index is 0.0740. The molecule has 0 fully saturated rings. The molecule has 39 heavy (non-hydrogen) atoms. The van der Waals surface area contributed by atoms with Gasteiger partial charge in [0.1, 0.15) is 24.6 Å². The molecule has 1 aliphatic rings. The van der Waals surface area contributed by atoms with E-state index in [1.807, 2.05) is 19.3 Å². The molecule has 11 nitrogen and oxygen atoms in total. The summed E-state index contributed by atoms with van der Waals surface area (Å²) in [5, 5.41) is 19.4. The molecule has 2 aromatic carbocycles. The van der Waals surface area contributed by atoms with Crippen molar-refractivity contribution in [3.05, 3.63) is 65.2 Å². The SMILES string of the molecule is CCc1cccc2c1N(C)Cc1cc(OCc3cn(CCNC(C)=O)nn3)c(OCc3cn(CC)nn3)cc1-2. The molecular formula is C28H34N8O3. The molecule has 2 aromatic heterocycles. The number of aryl methyl sites for hydroxylation is 2. The molecular weight excluding hydrogens is 496 g/mol. The minimum atomic E-state index is -0.0740. The van der Waals surface area contributed by atoms with Gasteiger partial charge >= 0.3 is 0 Å². The van der Waals surface area contributed by atoms with Crippen LogP contribution in [0.1, 0.15) is 43.3 Å². The van der Waals surface area contributed by atoms with E-state index in [0.717, 1.165) is 36.3 Å². The highest BCUT2D eigenvalue weighted by Crippen LogP contribution is 2.45. The Labute approximate surface area is 227 Å². The number of fused-ring (bicyclic) bond motifs is 3. The van der Waals surface area contributed by atoms with Gasteiger partial charge in [0.05, 0.1) is 18.9 Å². The standard InChI is InChI=1S/C28H34N8O3/c1-5-20-8-7-9-24-25-13-27(39-17-22-15-35(6-2)32-30-22)26(12-21(25)14-34(4)28(20)24)38-18-23-16-36(33-31-23)11-10-29-19(3)37/h7-9,12-13,15-16H,5-6,10-11,14,17-18H2,1-4H3,(H,29,37). The zero-order valence-corrected chi connectivity index (χ0v) is 22.8. The fourth-order valence-corrected chi connectivity index (χ4v) is 4.81. The molecule has 3 heterocycles. The quantitative estimate of drug-likeness (QED) is 0.314. The van der Waals surface area contributed by atoms with Gasteiger partial charge in [0, 0.05) is 44.9 Å². The predicted molar refractivity (Wildman–Crippen MR) is 146 cm³/mol. The second-order valence-electron chi connectivity index (χ2n) is 9.58. The molecule has 0 radical (unpaired) electrons. The van der Waals surface area contributed by atoms with Crippen molar-refractivity contribution in [1.82, 2.24) is 35.3 Å². The van der Waals surface area contributed by atoms with Gasteiger partial charge in [-0.15, -0.1) is 10.2 Å². The number of benzene rings is 2. The summed E-state index contributed by atoms with van der Waals surface area (Å²) in [6.45, 7) is 8.72. The Morgan fingerprint density at radius 1 is 0.974 bits per heavy atom. The minimum Gasteiger partial charge on any atom is -0.483 e. The van der Waals surface area contributed by atoms with Crippen LogP contribution in [0.3, 0.4) is 0 Å². The van der Waals surface area contributed by atoms with Gasteiger partial charge in [-0.25, -0.2) is 0 Å². The molecule has 11 heteroatoms. The third-order valence-corrected chi connectivity index (χ3v) is 6.71. The van der Waals surface area contributed by atoms with Gasteiger partial charge in [-0.2, -0.15) is 0 Å². The Kier molecular flexibility index (Phi) is 7.76. The van der Waals surface area contributed by atoms with E-state index in [4.69, 9.17) is 9.47 Å². The molecule has 1 aliphatic heterocycles. The Bertz CT molecular complexity index is 1460. The lowest BCUT2D eigenvalue weighted by atomic mass is 9.90. The normalized spacial score (nSPS) is 12.2. The number of nitrogens with one attached hydrogen (secondary N) is 1. The fourth-order valence-electron chi connectivity index (χ4n) is 4.81. The van der Waals surface area contributed by atoms with Crippen LogP contribution in [0, 0.1) is 0 Å². The van der Waals surface area contributed by atoms with Crippen molar-refractivity contribution >= 4 is 11.6 Å². The number of hydrogen-bond acceptors (Lipinski definition) is 8. The second kappa shape index (κ2) is 11.5. The van der Waals surface area contributed by atoms with E-state index >= 15 is 0 Å². The molecule has 0 atom stereocenters. The summed E-state index contributed by atoms with van der Waals surface area (Å²) in [7, 11) is 2.13. The Morgan fingerprint density at radius 3 is 2.33 bits per heavy atom. The van der Waals surface area contributed by atoms with Crippen LogP contribution in [0.4, 0.5) is 5.69 Å². The number of aromatic nitrogens is 6. The van der Waals surface area contributed by atoms with Crippen LogP contribution >= 0.6 is 0 Å². The predicted octanol–water partition coefficient (Wildman–Crippen LogP) is 3.36. The third-order valence-electron chi connectivity index (χ3n) is 6.71. The van der Waals surface area contributed by atoms with E-state index in [0.29, 0.717) is 30.3 Å². The highest BCUT2D eigenvalue weighted by molar-refractivity contribution is 5.86. The first-order valence-corrected chi connectivity index (χ1v) is 13.2. The first kappa shape index (κ1) is 26.2. The van der Waals surface area contributed by atoms with E-state index in [9.17, 15) is 4.79 Å². The summed E-state index contributed by atoms with van der Waals surface area (Å²) < 4.78 is 16.0. The maximum Gasteiger partial charge on any atom is 0.216 e. The Hall–Kier alpha value is -4.41. The Balaban J connectivity index is 1.41. The van der Waals surface area contributed by atoms with Gasteiger partial charge in [0.25, 0.3) is 0 Å². The third kappa shape index (κ3) is 5.87. The van der Waals surface area contributed by atoms with Crippen LogP contribution in [-0.4, -0.2) is 49.5 Å². The number of amides is 1. The van der Waals surface area contributed by atoms with Crippen LogP contribution in [0.2, 0.25) is 0 Å². The van der Waals surface area contributed by atoms with E-state index in [1.54, 1.807) is 9.36 Å². The maximum absolute atomic E-state index is 11.1. The zero-order chi connectivity index (χ0) is 27.4. The van der Waals surface area contributed by atoms with Crippen molar-refractivity contribution in [2.45, 2.75) is 60.0 Å². The Morgan fingerprint density at radius 2 is 1.67 bits per heavy atom. The van der Waals surface area contributed by atoms with Crippen LogP contribution < -0.4 is 19.7 Å². The first-order chi connectivity index (χ1) is 18.9. The van der Waals surface area contributed by atoms with Crippen molar-refractivity contribution < 1.29 is 14.3 Å². The van der Waals surface area contributed by atoms with Crippen LogP contribution in [-0.2, 0) is 44.1 Å². The second-order valence-corrected chi connectivity index (χ2v) is 9.58. The van der Waals surface area contributed by atoms with E-state index in [-0.39, 0.29) is 19.1 Å². The lowest BCUT2D eigenvalue weighted by Gasteiger charge is -2.32. The van der Waals surface area contributed by atoms with Crippen molar-refractivity contribution in [2.24, 2.45) is 0 Å². The number of ether oxygens (including phenoxy) is 2. The summed E-state index contributed by atoms with van der Waals surface area (Å²) >= 11 is 0. The van der Waals surface area contributed by atoms with Gasteiger partial charge < -0.3 is 19.7 Å². The van der Waals surface area contributed by atoms with Gasteiger partial charge in [0.2, 0.25) is 5.91 Å². The topological polar surface area (TPSA) is 112 Å². The molecule has 1 amide bonds. The smallest absolute Gasteiger partial charge is 0.216 e. The lowest BCUT2D eigenvalue weighted by Crippen LogP contribution is -2.24. The molecule has 4 aromatic rings. The maximum atomic E-state index is 11.1. The molecule has 0 aliphatic carbocycles. The average molecular weight is 531 g/mol. The molecule has 0 bridgehead atoms. The summed E-state index contributed by atoms with van der Waals surface area (Å²) in [4.78, 5) is 13.4. The highest BCUT2D eigenvalue weighted by Gasteiger charge is 2.25. The van der Waals surface area contributed by atoms with Crippen LogP contribution in [0.25, 0.3) is 11.1 Å². The summed E-state index contributed by atoms with van der Waals surface area (Å²) in [6, 6.07) is 10.6. The van der Waals surface area contributed by atoms with E-state index in [2.05, 4.69) is 75.1 Å². The number of nitrogens with zero attached hydrogens (tertiary/aromatic N) is 7. The van der Waals surface area contributed by atoms with Crippen molar-refractivity contribution in [1.29, 1.82) is 0 Å². The molecule has 204 valence electrons. The van der Waals surface area contributed by atoms with Crippen LogP contribution in [0.15, 0.2) is 42.7 Å². The number of hydrogen-bond donors (Lipinski definition) is 1. The molecule has 0 spiro atoms. The zero-order valence-electron chi connectivity index (χ0n) is 22.8. The molecule has 0 saturated carbocycles. The van der Waals surface area contributed by atoms with Crippen LogP contribution in [0.5, 0.6) is 11.5 Å². The number of carbonyl (C=O) groups excluding carboxylic acids is 1. The van der Waals surface area contributed by atoms with Gasteiger partial charge in [-0.1, -0.05) is 35.5 Å². The average Bonchev–Trinajstić information content (AvgIpc) is 3.59. The molecule has 1 N–H and O–H groups in total. The number of anilines is 1. The number of rotatable bonds is 11. The summed E-state index contributed by atoms with van der Waals surface area (Å²) in [5.41, 5.74) is 7.50. The molecule has 0 unspecified atom stereocenters. The highest BCUT2D eigenvalue weighted by atomic mass is 16.5. The summed E-state index contributed by atoms with van der Waals surface area (Å²) in [6.07, 6.45) is 4.67. The van der Waals surface area contributed by atoms with Gasteiger partial charge in [-0.05, 0) is 42.2 Å². The molecule has 5 rings (SSSR count). The van der Waals surface area contributed by atoms with Gasteiger partial charge in [0.15, 0.2) is 11.5 Å². The van der Waals surface area contributed by atoms with Crippen molar-refractivity contribution in [3.63, 3.8) is 0 Å². The monoisotopic (exact) mass is 530 g/mol. The first-order valence-electron chi connectivity index (χ1n) is 13.2. The van der Waals surface area contributed by atoms with Crippen molar-refractivity contribution in [2.75, 3.05) is 18.5 Å². The van der Waals surface area contributed by atoms with E-state index in [1.165, 1.54) is 23.7 Å². The molecule has 0 saturated heterocycles. The van der Waals surface area contributed by atoms with E-state index < -0.39 is 0 Å². The largest absolute Gasteiger partial charge is 0.483 e. The van der Waals surface area contributed by atoms with Gasteiger partial charge in [-0.3, -0.25) is 14.2 Å². The summed E-state index contributed by atoms with van der Waals surface area (Å²) in [5.74, 6) is 1.19. The number of para-hydroxylation sites is 1.